The number of fused-ring (bicyclic) bond motifs is 1. The smallest absolute Gasteiger partial charge is 0.417 e. The van der Waals surface area contributed by atoms with E-state index in [0.717, 1.165) is 30.7 Å². The van der Waals surface area contributed by atoms with Crippen LogP contribution in [0.15, 0.2) is 48.7 Å². The van der Waals surface area contributed by atoms with Gasteiger partial charge in [-0.25, -0.2) is 9.97 Å². The van der Waals surface area contributed by atoms with Gasteiger partial charge in [-0.3, -0.25) is 4.79 Å². The Morgan fingerprint density at radius 2 is 1.80 bits per heavy atom. The van der Waals surface area contributed by atoms with Crippen molar-refractivity contribution in [3.05, 3.63) is 59.9 Å². The second-order valence-electron chi connectivity index (χ2n) is 7.13. The van der Waals surface area contributed by atoms with Crippen LogP contribution < -0.4 is 4.74 Å². The van der Waals surface area contributed by atoms with E-state index in [9.17, 15) is 18.0 Å². The maximum atomic E-state index is 12.7. The number of rotatable bonds is 3. The van der Waals surface area contributed by atoms with E-state index >= 15 is 0 Å². The predicted octanol–water partition coefficient (Wildman–Crippen LogP) is 3.83. The van der Waals surface area contributed by atoms with Crippen LogP contribution in [0.2, 0.25) is 0 Å². The van der Waals surface area contributed by atoms with E-state index in [1.807, 2.05) is 7.05 Å². The Labute approximate surface area is 170 Å². The molecule has 30 heavy (non-hydrogen) atoms. The van der Waals surface area contributed by atoms with Crippen LogP contribution in [0.5, 0.6) is 11.6 Å². The van der Waals surface area contributed by atoms with Crippen molar-refractivity contribution in [1.82, 2.24) is 19.8 Å². The fourth-order valence-corrected chi connectivity index (χ4v) is 3.19. The molecule has 9 heteroatoms. The van der Waals surface area contributed by atoms with E-state index in [0.29, 0.717) is 30.0 Å². The monoisotopic (exact) mass is 416 g/mol. The van der Waals surface area contributed by atoms with Gasteiger partial charge in [-0.2, -0.15) is 13.2 Å². The highest BCUT2D eigenvalue weighted by molar-refractivity contribution is 5.95. The quantitative estimate of drug-likeness (QED) is 0.650. The van der Waals surface area contributed by atoms with Crippen molar-refractivity contribution in [2.45, 2.75) is 6.18 Å². The van der Waals surface area contributed by atoms with Gasteiger partial charge in [0.2, 0.25) is 5.88 Å². The number of ether oxygens (including phenoxy) is 1. The number of alkyl halides is 3. The molecule has 0 atom stereocenters. The van der Waals surface area contributed by atoms with Gasteiger partial charge in [0.25, 0.3) is 5.91 Å². The molecule has 1 saturated heterocycles. The van der Waals surface area contributed by atoms with E-state index in [4.69, 9.17) is 4.74 Å². The summed E-state index contributed by atoms with van der Waals surface area (Å²) in [4.78, 5) is 24.8. The summed E-state index contributed by atoms with van der Waals surface area (Å²) in [5.74, 6) is 0.367. The SMILES string of the molecule is CN1CCN(C(=O)c2ccc3cc(Oc4ccc(C(F)(F)F)cn4)ccc3n2)CC1. The summed E-state index contributed by atoms with van der Waals surface area (Å²) in [6.45, 7) is 3.00. The summed E-state index contributed by atoms with van der Waals surface area (Å²) in [6.07, 6.45) is -3.71. The van der Waals surface area contributed by atoms with Crippen molar-refractivity contribution in [1.29, 1.82) is 0 Å². The second kappa shape index (κ2) is 7.91. The number of nitrogens with zero attached hydrogens (tertiary/aromatic N) is 4. The lowest BCUT2D eigenvalue weighted by Gasteiger charge is -2.32. The Morgan fingerprint density at radius 1 is 1.03 bits per heavy atom. The van der Waals surface area contributed by atoms with Crippen LogP contribution in [0.1, 0.15) is 16.1 Å². The van der Waals surface area contributed by atoms with Crippen LogP contribution in [0.25, 0.3) is 10.9 Å². The molecule has 0 radical (unpaired) electrons. The van der Waals surface area contributed by atoms with Crippen molar-refractivity contribution in [2.24, 2.45) is 0 Å². The van der Waals surface area contributed by atoms with Gasteiger partial charge in [-0.15, -0.1) is 0 Å². The van der Waals surface area contributed by atoms with Crippen LogP contribution >= 0.6 is 0 Å². The Kier molecular flexibility index (Phi) is 5.29. The molecule has 0 saturated carbocycles. The number of pyridine rings is 2. The summed E-state index contributed by atoms with van der Waals surface area (Å²) < 4.78 is 43.4. The zero-order valence-electron chi connectivity index (χ0n) is 16.2. The summed E-state index contributed by atoms with van der Waals surface area (Å²) in [6, 6.07) is 10.6. The van der Waals surface area contributed by atoms with Crippen LogP contribution in [-0.4, -0.2) is 58.9 Å². The zero-order valence-corrected chi connectivity index (χ0v) is 16.2. The lowest BCUT2D eigenvalue weighted by molar-refractivity contribution is -0.137. The molecular weight excluding hydrogens is 397 g/mol. The minimum absolute atomic E-state index is 0.0529. The van der Waals surface area contributed by atoms with E-state index in [1.54, 1.807) is 35.2 Å². The molecule has 6 nitrogen and oxygen atoms in total. The second-order valence-corrected chi connectivity index (χ2v) is 7.13. The number of hydrogen-bond donors (Lipinski definition) is 0. The number of carbonyl (C=O) groups excluding carboxylic acids is 1. The van der Waals surface area contributed by atoms with Gasteiger partial charge in [0.1, 0.15) is 11.4 Å². The summed E-state index contributed by atoms with van der Waals surface area (Å²) >= 11 is 0. The molecular formula is C21H19F3N4O2. The first-order valence-electron chi connectivity index (χ1n) is 9.39. The Morgan fingerprint density at radius 3 is 2.47 bits per heavy atom. The van der Waals surface area contributed by atoms with Gasteiger partial charge >= 0.3 is 6.18 Å². The van der Waals surface area contributed by atoms with Crippen molar-refractivity contribution in [3.8, 4) is 11.6 Å². The van der Waals surface area contributed by atoms with E-state index in [1.165, 1.54) is 6.07 Å². The molecule has 0 unspecified atom stereocenters. The van der Waals surface area contributed by atoms with Gasteiger partial charge < -0.3 is 14.5 Å². The topological polar surface area (TPSA) is 58.6 Å². The minimum Gasteiger partial charge on any atom is -0.439 e. The molecule has 3 aromatic rings. The van der Waals surface area contributed by atoms with Crippen molar-refractivity contribution >= 4 is 16.8 Å². The molecule has 156 valence electrons. The lowest BCUT2D eigenvalue weighted by atomic mass is 10.2. The first-order valence-corrected chi connectivity index (χ1v) is 9.39. The Bertz CT molecular complexity index is 1060. The number of carbonyl (C=O) groups is 1. The molecule has 1 amide bonds. The number of piperazine rings is 1. The molecule has 4 rings (SSSR count). The maximum absolute atomic E-state index is 12.7. The maximum Gasteiger partial charge on any atom is 0.417 e. The van der Waals surface area contributed by atoms with Crippen LogP contribution in [0.4, 0.5) is 13.2 Å². The molecule has 0 bridgehead atoms. The standard InChI is InChI=1S/C21H19F3N4O2/c1-27-8-10-28(11-9-27)20(29)18-5-2-14-12-16(4-6-17(14)26-18)30-19-7-3-15(13-25-19)21(22,23)24/h2-7,12-13H,8-11H2,1H3. The normalized spacial score (nSPS) is 15.4. The molecule has 1 aliphatic rings. The third kappa shape index (κ3) is 4.35. The summed E-state index contributed by atoms with van der Waals surface area (Å²) in [5.41, 5.74) is 0.169. The third-order valence-corrected chi connectivity index (χ3v) is 4.96. The highest BCUT2D eigenvalue weighted by Crippen LogP contribution is 2.30. The van der Waals surface area contributed by atoms with Gasteiger partial charge in [0, 0.05) is 43.8 Å². The molecule has 0 N–H and O–H groups in total. The first kappa shape index (κ1) is 20.1. The number of halogens is 3. The number of amides is 1. The fourth-order valence-electron chi connectivity index (χ4n) is 3.19. The number of likely N-dealkylation sites (N-methyl/N-ethyl adjacent to an activating group) is 1. The first-order chi connectivity index (χ1) is 14.3. The molecule has 0 aliphatic carbocycles. The van der Waals surface area contributed by atoms with Crippen molar-refractivity contribution in [3.63, 3.8) is 0 Å². The molecule has 1 fully saturated rings. The van der Waals surface area contributed by atoms with Gasteiger partial charge in [-0.1, -0.05) is 6.07 Å². The minimum atomic E-state index is -4.45. The predicted molar refractivity (Wildman–Crippen MR) is 104 cm³/mol. The Hall–Kier alpha value is -3.20. The van der Waals surface area contributed by atoms with Gasteiger partial charge in [0.15, 0.2) is 0 Å². The van der Waals surface area contributed by atoms with Crippen LogP contribution in [-0.2, 0) is 6.18 Å². The van der Waals surface area contributed by atoms with Crippen LogP contribution in [0, 0.1) is 0 Å². The third-order valence-electron chi connectivity index (χ3n) is 4.96. The highest BCUT2D eigenvalue weighted by atomic mass is 19.4. The van der Waals surface area contributed by atoms with E-state index in [-0.39, 0.29) is 11.8 Å². The van der Waals surface area contributed by atoms with Gasteiger partial charge in [0.05, 0.1) is 11.1 Å². The molecule has 3 heterocycles. The molecule has 1 aromatic carbocycles. The van der Waals surface area contributed by atoms with E-state index in [2.05, 4.69) is 14.9 Å². The van der Waals surface area contributed by atoms with Crippen molar-refractivity contribution in [2.75, 3.05) is 33.2 Å². The average molecular weight is 416 g/mol. The van der Waals surface area contributed by atoms with Crippen LogP contribution in [0.3, 0.4) is 0 Å². The highest BCUT2D eigenvalue weighted by Gasteiger charge is 2.30. The molecule has 1 aliphatic heterocycles. The largest absolute Gasteiger partial charge is 0.439 e. The molecule has 0 spiro atoms. The van der Waals surface area contributed by atoms with Gasteiger partial charge in [-0.05, 0) is 37.4 Å². The zero-order chi connectivity index (χ0) is 21.3. The average Bonchev–Trinajstić information content (AvgIpc) is 2.73. The number of benzene rings is 1. The summed E-state index contributed by atoms with van der Waals surface area (Å²) in [7, 11) is 2.02. The summed E-state index contributed by atoms with van der Waals surface area (Å²) in [5, 5.41) is 0.745. The fraction of sp³-hybridized carbons (Fsp3) is 0.286. The van der Waals surface area contributed by atoms with E-state index < -0.39 is 11.7 Å². The molecule has 2 aromatic heterocycles. The number of hydrogen-bond acceptors (Lipinski definition) is 5. The lowest BCUT2D eigenvalue weighted by Crippen LogP contribution is -2.47. The Balaban J connectivity index is 1.50. The van der Waals surface area contributed by atoms with Crippen molar-refractivity contribution < 1.29 is 22.7 Å². The number of aromatic nitrogens is 2.